The van der Waals surface area contributed by atoms with Gasteiger partial charge in [-0.05, 0) is 30.2 Å². The van der Waals surface area contributed by atoms with Crippen LogP contribution in [-0.4, -0.2) is 23.6 Å². The maximum Gasteiger partial charge on any atom is 0.0369 e. The molecule has 1 aromatic rings. The van der Waals surface area contributed by atoms with E-state index in [1.165, 1.54) is 29.9 Å². The number of rotatable bonds is 2. The Hall–Kier alpha value is -0.150. The molecule has 1 heterocycles. The Morgan fingerprint density at radius 1 is 1.29 bits per heavy atom. The zero-order valence-electron chi connectivity index (χ0n) is 10.7. The van der Waals surface area contributed by atoms with E-state index >= 15 is 0 Å². The summed E-state index contributed by atoms with van der Waals surface area (Å²) in [5.74, 6) is 0. The molecule has 1 aliphatic rings. The topological polar surface area (TPSA) is 3.24 Å². The van der Waals surface area contributed by atoms with Gasteiger partial charge in [0, 0.05) is 34.6 Å². The Morgan fingerprint density at radius 3 is 2.47 bits per heavy atom. The highest BCUT2D eigenvalue weighted by Gasteiger charge is 2.22. The van der Waals surface area contributed by atoms with Crippen LogP contribution in [0.1, 0.15) is 25.0 Å². The van der Waals surface area contributed by atoms with E-state index in [-0.39, 0.29) is 0 Å². The molecule has 3 heteroatoms. The molecule has 0 radical (unpaired) electrons. The van der Waals surface area contributed by atoms with Crippen molar-refractivity contribution in [1.82, 2.24) is 0 Å². The summed E-state index contributed by atoms with van der Waals surface area (Å²) in [5, 5.41) is 2.41. The van der Waals surface area contributed by atoms with Crippen LogP contribution in [0.5, 0.6) is 0 Å². The molecule has 0 N–H and O–H groups in total. The van der Waals surface area contributed by atoms with Crippen LogP contribution in [0.15, 0.2) is 18.2 Å². The molecule has 1 saturated heterocycles. The zero-order valence-corrected chi connectivity index (χ0v) is 13.1. The molecule has 1 nitrogen and oxygen atoms in total. The van der Waals surface area contributed by atoms with Gasteiger partial charge < -0.3 is 4.90 Å². The Morgan fingerprint density at radius 2 is 1.94 bits per heavy atom. The van der Waals surface area contributed by atoms with Crippen molar-refractivity contribution >= 4 is 33.4 Å². The number of benzene rings is 1. The minimum absolute atomic E-state index is 0.731. The minimum Gasteiger partial charge on any atom is -0.369 e. The number of nitrogens with zero attached hydrogens (tertiary/aromatic N) is 1. The first-order chi connectivity index (χ1) is 8.10. The maximum atomic E-state index is 3.53. The predicted octanol–water partition coefficient (Wildman–Crippen LogP) is 4.22. The largest absolute Gasteiger partial charge is 0.369 e. The number of aryl methyl sites for hydroxylation is 1. The van der Waals surface area contributed by atoms with Crippen molar-refractivity contribution in [3.8, 4) is 0 Å². The third kappa shape index (κ3) is 3.19. The fourth-order valence-electron chi connectivity index (χ4n) is 2.42. The second kappa shape index (κ2) is 5.66. The summed E-state index contributed by atoms with van der Waals surface area (Å²) in [4.78, 5) is 2.52. The van der Waals surface area contributed by atoms with Gasteiger partial charge in [-0.3, -0.25) is 0 Å². The van der Waals surface area contributed by atoms with Crippen LogP contribution >= 0.6 is 27.7 Å². The summed E-state index contributed by atoms with van der Waals surface area (Å²) in [6.07, 6.45) is 0. The van der Waals surface area contributed by atoms with E-state index in [4.69, 9.17) is 0 Å². The molecule has 1 aromatic carbocycles. The van der Waals surface area contributed by atoms with Crippen molar-refractivity contribution in [1.29, 1.82) is 0 Å². The van der Waals surface area contributed by atoms with Crippen LogP contribution in [0.2, 0.25) is 0 Å². The molecule has 0 spiro atoms. The highest BCUT2D eigenvalue weighted by Crippen LogP contribution is 2.29. The van der Waals surface area contributed by atoms with E-state index in [0.29, 0.717) is 0 Å². The fraction of sp³-hybridized carbons (Fsp3) is 0.571. The van der Waals surface area contributed by atoms with Gasteiger partial charge in [-0.2, -0.15) is 11.8 Å². The van der Waals surface area contributed by atoms with Crippen molar-refractivity contribution < 1.29 is 0 Å². The summed E-state index contributed by atoms with van der Waals surface area (Å²) in [6.45, 7) is 9.19. The lowest BCUT2D eigenvalue weighted by molar-refractivity contribution is 0.728. The first-order valence-electron chi connectivity index (χ1n) is 6.16. The van der Waals surface area contributed by atoms with Crippen LogP contribution in [0.4, 0.5) is 5.69 Å². The summed E-state index contributed by atoms with van der Waals surface area (Å²) >= 11 is 5.63. The molecule has 1 aliphatic heterocycles. The van der Waals surface area contributed by atoms with Gasteiger partial charge >= 0.3 is 0 Å². The summed E-state index contributed by atoms with van der Waals surface area (Å²) in [7, 11) is 0. The molecule has 2 atom stereocenters. The number of alkyl halides is 1. The van der Waals surface area contributed by atoms with Gasteiger partial charge in [-0.15, -0.1) is 0 Å². The van der Waals surface area contributed by atoms with E-state index in [9.17, 15) is 0 Å². The molecule has 17 heavy (non-hydrogen) atoms. The van der Waals surface area contributed by atoms with Crippen molar-refractivity contribution in [2.75, 3.05) is 18.0 Å². The lowest BCUT2D eigenvalue weighted by Gasteiger charge is -2.36. The number of hydrogen-bond acceptors (Lipinski definition) is 2. The molecule has 0 aromatic heterocycles. The number of thioether (sulfide) groups is 1. The molecule has 2 unspecified atom stereocenters. The third-order valence-electron chi connectivity index (χ3n) is 3.25. The maximum absolute atomic E-state index is 3.53. The van der Waals surface area contributed by atoms with Crippen LogP contribution in [0.3, 0.4) is 0 Å². The Balaban J connectivity index is 2.19. The summed E-state index contributed by atoms with van der Waals surface area (Å²) in [5.41, 5.74) is 4.16. The van der Waals surface area contributed by atoms with Crippen LogP contribution in [0.25, 0.3) is 0 Å². The average Bonchev–Trinajstić information content (AvgIpc) is 2.27. The van der Waals surface area contributed by atoms with Crippen molar-refractivity contribution in [3.05, 3.63) is 29.3 Å². The molecule has 0 saturated carbocycles. The molecular weight excluding hydrogens is 294 g/mol. The lowest BCUT2D eigenvalue weighted by atomic mass is 10.1. The second-order valence-electron chi connectivity index (χ2n) is 4.91. The third-order valence-corrected chi connectivity index (χ3v) is 5.09. The Kier molecular flexibility index (Phi) is 4.42. The highest BCUT2D eigenvalue weighted by atomic mass is 79.9. The Bertz CT molecular complexity index is 384. The fourth-order valence-corrected chi connectivity index (χ4v) is 4.37. The first kappa shape index (κ1) is 13.3. The summed E-state index contributed by atoms with van der Waals surface area (Å²) in [6, 6.07) is 6.83. The highest BCUT2D eigenvalue weighted by molar-refractivity contribution is 9.08. The van der Waals surface area contributed by atoms with Crippen molar-refractivity contribution in [2.45, 2.75) is 36.6 Å². The molecule has 0 aliphatic carbocycles. The quantitative estimate of drug-likeness (QED) is 0.752. The zero-order chi connectivity index (χ0) is 12.4. The van der Waals surface area contributed by atoms with Gasteiger partial charge in [0.1, 0.15) is 0 Å². The predicted molar refractivity (Wildman–Crippen MR) is 82.5 cm³/mol. The first-order valence-corrected chi connectivity index (χ1v) is 8.22. The minimum atomic E-state index is 0.731. The Labute approximate surface area is 117 Å². The van der Waals surface area contributed by atoms with Crippen molar-refractivity contribution in [2.24, 2.45) is 0 Å². The number of halogens is 1. The second-order valence-corrected chi connectivity index (χ2v) is 7.35. The van der Waals surface area contributed by atoms with Crippen LogP contribution in [-0.2, 0) is 5.33 Å². The monoisotopic (exact) mass is 313 g/mol. The van der Waals surface area contributed by atoms with Gasteiger partial charge in [0.15, 0.2) is 0 Å². The van der Waals surface area contributed by atoms with Crippen LogP contribution in [0, 0.1) is 6.92 Å². The van der Waals surface area contributed by atoms with E-state index in [2.05, 4.69) is 71.6 Å². The summed E-state index contributed by atoms with van der Waals surface area (Å²) < 4.78 is 0. The van der Waals surface area contributed by atoms with Crippen LogP contribution < -0.4 is 4.90 Å². The standard InChI is InChI=1S/C14H20BrNS/c1-10-6-14(5-4-13(10)7-15)16-8-11(2)17-12(3)9-16/h4-6,11-12H,7-9H2,1-3H3. The number of hydrogen-bond donors (Lipinski definition) is 0. The van der Waals surface area contributed by atoms with E-state index in [1.807, 2.05) is 0 Å². The molecule has 1 fully saturated rings. The van der Waals surface area contributed by atoms with Gasteiger partial charge in [-0.1, -0.05) is 35.8 Å². The SMILES string of the molecule is Cc1cc(N2CC(C)SC(C)C2)ccc1CBr. The molecule has 0 amide bonds. The molecule has 2 rings (SSSR count). The molecule has 0 bridgehead atoms. The van der Waals surface area contributed by atoms with Gasteiger partial charge in [0.2, 0.25) is 0 Å². The van der Waals surface area contributed by atoms with Crippen molar-refractivity contribution in [3.63, 3.8) is 0 Å². The lowest BCUT2D eigenvalue weighted by Crippen LogP contribution is -2.40. The van der Waals surface area contributed by atoms with E-state index in [1.54, 1.807) is 0 Å². The van der Waals surface area contributed by atoms with E-state index in [0.717, 1.165) is 15.8 Å². The van der Waals surface area contributed by atoms with Gasteiger partial charge in [0.25, 0.3) is 0 Å². The smallest absolute Gasteiger partial charge is 0.0369 e. The van der Waals surface area contributed by atoms with Gasteiger partial charge in [0.05, 0.1) is 0 Å². The molecular formula is C14H20BrNS. The normalized spacial score (nSPS) is 25.1. The van der Waals surface area contributed by atoms with E-state index < -0.39 is 0 Å². The van der Waals surface area contributed by atoms with Gasteiger partial charge in [-0.25, -0.2) is 0 Å². The molecule has 94 valence electrons. The number of anilines is 1. The average molecular weight is 314 g/mol.